The van der Waals surface area contributed by atoms with Crippen LogP contribution in [0.15, 0.2) is 0 Å². The van der Waals surface area contributed by atoms with Crippen LogP contribution in [0.1, 0.15) is 67.4 Å². The minimum Gasteiger partial charge on any atom is -0.373 e. The van der Waals surface area contributed by atoms with Gasteiger partial charge in [-0.05, 0) is 19.3 Å². The average Bonchev–Trinajstić information content (AvgIpc) is 2.38. The van der Waals surface area contributed by atoms with Gasteiger partial charge in [-0.25, -0.2) is 9.97 Å². The van der Waals surface area contributed by atoms with Crippen LogP contribution in [-0.4, -0.2) is 23.6 Å². The molecule has 1 aromatic heterocycles. The highest BCUT2D eigenvalue weighted by Crippen LogP contribution is 2.38. The summed E-state index contributed by atoms with van der Waals surface area (Å²) in [7, 11) is 1.75. The van der Waals surface area contributed by atoms with Crippen molar-refractivity contribution in [2.24, 2.45) is 0 Å². The lowest BCUT2D eigenvalue weighted by molar-refractivity contribution is 0.0918. The van der Waals surface area contributed by atoms with E-state index < -0.39 is 0 Å². The van der Waals surface area contributed by atoms with Crippen molar-refractivity contribution in [1.82, 2.24) is 15.3 Å². The van der Waals surface area contributed by atoms with Gasteiger partial charge in [0.25, 0.3) is 0 Å². The molecule has 4 nitrogen and oxygen atoms in total. The van der Waals surface area contributed by atoms with E-state index in [1.54, 1.807) is 7.11 Å². The molecular formula is C15H23N3O. The maximum atomic E-state index is 5.52. The fourth-order valence-electron chi connectivity index (χ4n) is 3.01. The second-order valence-electron chi connectivity index (χ2n) is 5.58. The number of ether oxygens (including phenoxy) is 1. The van der Waals surface area contributed by atoms with Crippen LogP contribution in [-0.2, 0) is 17.7 Å². The third-order valence-electron chi connectivity index (χ3n) is 4.42. The van der Waals surface area contributed by atoms with Crippen molar-refractivity contribution in [1.29, 1.82) is 0 Å². The molecule has 0 bridgehead atoms. The minimum atomic E-state index is 0.0408. The van der Waals surface area contributed by atoms with E-state index in [1.165, 1.54) is 36.2 Å². The van der Waals surface area contributed by atoms with Gasteiger partial charge in [0.1, 0.15) is 6.10 Å². The second kappa shape index (κ2) is 5.55. The van der Waals surface area contributed by atoms with Crippen LogP contribution in [0.25, 0.3) is 0 Å². The van der Waals surface area contributed by atoms with Gasteiger partial charge < -0.3 is 10.1 Å². The molecule has 1 unspecified atom stereocenters. The third kappa shape index (κ3) is 2.39. The smallest absolute Gasteiger partial charge is 0.157 e. The van der Waals surface area contributed by atoms with Gasteiger partial charge in [0.15, 0.2) is 5.82 Å². The molecule has 0 radical (unpaired) electrons. The summed E-state index contributed by atoms with van der Waals surface area (Å²) in [5.74, 6) is 1.55. The number of fused-ring (bicyclic) bond motifs is 1. The number of nitrogens with one attached hydrogen (secondary N) is 1. The lowest BCUT2D eigenvalue weighted by Gasteiger charge is -2.30. The van der Waals surface area contributed by atoms with Crippen molar-refractivity contribution in [3.8, 4) is 0 Å². The highest BCUT2D eigenvalue weighted by Gasteiger charge is 2.28. The van der Waals surface area contributed by atoms with Crippen LogP contribution in [0, 0.1) is 0 Å². The molecule has 104 valence electrons. The SMILES string of the molecule is CCC(OC)c1nc2c(c(C3CCC3)n1)CNCC2. The normalized spacial score (nSPS) is 20.7. The van der Waals surface area contributed by atoms with E-state index in [2.05, 4.69) is 12.2 Å². The van der Waals surface area contributed by atoms with E-state index >= 15 is 0 Å². The number of nitrogens with zero attached hydrogens (tertiary/aromatic N) is 2. The number of methoxy groups -OCH3 is 1. The van der Waals surface area contributed by atoms with Gasteiger partial charge in [0.05, 0.1) is 11.4 Å². The summed E-state index contributed by atoms with van der Waals surface area (Å²) in [5.41, 5.74) is 3.92. The van der Waals surface area contributed by atoms with E-state index in [0.717, 1.165) is 31.8 Å². The molecule has 1 aliphatic heterocycles. The van der Waals surface area contributed by atoms with Crippen molar-refractivity contribution in [2.75, 3.05) is 13.7 Å². The highest BCUT2D eigenvalue weighted by molar-refractivity contribution is 5.32. The van der Waals surface area contributed by atoms with E-state index in [-0.39, 0.29) is 6.10 Å². The Morgan fingerprint density at radius 3 is 2.84 bits per heavy atom. The molecule has 4 heteroatoms. The average molecular weight is 261 g/mol. The molecule has 0 saturated heterocycles. The fraction of sp³-hybridized carbons (Fsp3) is 0.733. The van der Waals surface area contributed by atoms with Crippen molar-refractivity contribution in [3.63, 3.8) is 0 Å². The Hall–Kier alpha value is -1.00. The van der Waals surface area contributed by atoms with Crippen LogP contribution in [0.3, 0.4) is 0 Å². The predicted molar refractivity (Wildman–Crippen MR) is 74.1 cm³/mol. The number of hydrogen-bond acceptors (Lipinski definition) is 4. The Morgan fingerprint density at radius 1 is 1.37 bits per heavy atom. The monoisotopic (exact) mass is 261 g/mol. The molecule has 1 atom stereocenters. The van der Waals surface area contributed by atoms with E-state index in [0.29, 0.717) is 5.92 Å². The Labute approximate surface area is 115 Å². The molecule has 0 spiro atoms. The summed E-state index contributed by atoms with van der Waals surface area (Å²) in [4.78, 5) is 9.65. The molecule has 1 fully saturated rings. The van der Waals surface area contributed by atoms with Gasteiger partial charge in [-0.3, -0.25) is 0 Å². The standard InChI is InChI=1S/C15H23N3O/c1-3-13(19-2)15-17-12-7-8-16-9-11(12)14(18-15)10-5-4-6-10/h10,13,16H,3-9H2,1-2H3. The van der Waals surface area contributed by atoms with Gasteiger partial charge >= 0.3 is 0 Å². The molecule has 2 heterocycles. The summed E-state index contributed by atoms with van der Waals surface area (Å²) in [6.45, 7) is 4.09. The Balaban J connectivity index is 2.02. The van der Waals surface area contributed by atoms with E-state index in [4.69, 9.17) is 14.7 Å². The topological polar surface area (TPSA) is 47.0 Å². The van der Waals surface area contributed by atoms with E-state index in [9.17, 15) is 0 Å². The molecule has 1 aliphatic carbocycles. The van der Waals surface area contributed by atoms with Gasteiger partial charge in [0.2, 0.25) is 0 Å². The first-order chi connectivity index (χ1) is 9.33. The van der Waals surface area contributed by atoms with Gasteiger partial charge in [-0.15, -0.1) is 0 Å². The van der Waals surface area contributed by atoms with Gasteiger partial charge in [0, 0.05) is 38.1 Å². The number of aromatic nitrogens is 2. The van der Waals surface area contributed by atoms with Crippen molar-refractivity contribution in [2.45, 2.75) is 57.6 Å². The molecular weight excluding hydrogens is 238 g/mol. The quantitative estimate of drug-likeness (QED) is 0.904. The van der Waals surface area contributed by atoms with Crippen molar-refractivity contribution < 1.29 is 4.74 Å². The van der Waals surface area contributed by atoms with Crippen molar-refractivity contribution >= 4 is 0 Å². The summed E-state index contributed by atoms with van der Waals surface area (Å²) in [5, 5.41) is 3.45. The fourth-order valence-corrected chi connectivity index (χ4v) is 3.01. The molecule has 1 N–H and O–H groups in total. The summed E-state index contributed by atoms with van der Waals surface area (Å²) in [6, 6.07) is 0. The number of rotatable bonds is 4. The highest BCUT2D eigenvalue weighted by atomic mass is 16.5. The maximum absolute atomic E-state index is 5.52. The first kappa shape index (κ1) is 13.0. The summed E-state index contributed by atoms with van der Waals surface area (Å²) < 4.78 is 5.52. The molecule has 3 rings (SSSR count). The van der Waals surface area contributed by atoms with Crippen molar-refractivity contribution in [3.05, 3.63) is 22.8 Å². The lowest BCUT2D eigenvalue weighted by Crippen LogP contribution is -2.29. The first-order valence-corrected chi connectivity index (χ1v) is 7.46. The Kier molecular flexibility index (Phi) is 3.80. The molecule has 1 saturated carbocycles. The lowest BCUT2D eigenvalue weighted by atomic mass is 9.80. The van der Waals surface area contributed by atoms with E-state index in [1.807, 2.05) is 0 Å². The van der Waals surface area contributed by atoms with Crippen LogP contribution >= 0.6 is 0 Å². The molecule has 0 amide bonds. The third-order valence-corrected chi connectivity index (χ3v) is 4.42. The first-order valence-electron chi connectivity index (χ1n) is 7.46. The second-order valence-corrected chi connectivity index (χ2v) is 5.58. The van der Waals surface area contributed by atoms with Crippen LogP contribution in [0.5, 0.6) is 0 Å². The molecule has 0 aromatic carbocycles. The molecule has 1 aromatic rings. The Bertz CT molecular complexity index is 453. The zero-order valence-electron chi connectivity index (χ0n) is 11.9. The van der Waals surface area contributed by atoms with Gasteiger partial charge in [-0.1, -0.05) is 13.3 Å². The molecule has 19 heavy (non-hydrogen) atoms. The van der Waals surface area contributed by atoms with Gasteiger partial charge in [-0.2, -0.15) is 0 Å². The Morgan fingerprint density at radius 2 is 2.21 bits per heavy atom. The zero-order valence-corrected chi connectivity index (χ0v) is 11.9. The summed E-state index contributed by atoms with van der Waals surface area (Å²) in [6.07, 6.45) is 5.90. The zero-order chi connectivity index (χ0) is 13.2. The predicted octanol–water partition coefficient (Wildman–Crippen LogP) is 2.49. The summed E-state index contributed by atoms with van der Waals surface area (Å²) >= 11 is 0. The van der Waals surface area contributed by atoms with Crippen LogP contribution < -0.4 is 5.32 Å². The maximum Gasteiger partial charge on any atom is 0.157 e. The molecule has 2 aliphatic rings. The van der Waals surface area contributed by atoms with Crippen LogP contribution in [0.2, 0.25) is 0 Å². The minimum absolute atomic E-state index is 0.0408. The van der Waals surface area contributed by atoms with Crippen LogP contribution in [0.4, 0.5) is 0 Å². The number of hydrogen-bond donors (Lipinski definition) is 1. The largest absolute Gasteiger partial charge is 0.373 e.